The van der Waals surface area contributed by atoms with E-state index in [1.54, 1.807) is 35.5 Å². The molecule has 3 aromatic rings. The van der Waals surface area contributed by atoms with Crippen LogP contribution in [0.1, 0.15) is 5.82 Å². The van der Waals surface area contributed by atoms with Crippen LogP contribution < -0.4 is 4.90 Å². The van der Waals surface area contributed by atoms with Crippen molar-refractivity contribution < 1.29 is 18.0 Å². The Bertz CT molecular complexity index is 978. The first-order valence-corrected chi connectivity index (χ1v) is 8.89. The first kappa shape index (κ1) is 18.3. The maximum Gasteiger partial charge on any atom is 0.449 e. The number of carbonyl (C=O) groups excluding carboxylic acids is 1. The van der Waals surface area contributed by atoms with Gasteiger partial charge in [-0.25, -0.2) is 4.98 Å². The second-order valence-corrected chi connectivity index (χ2v) is 6.58. The Morgan fingerprint density at radius 1 is 1.00 bits per heavy atom. The molecule has 0 atom stereocenters. The second kappa shape index (κ2) is 7.14. The van der Waals surface area contributed by atoms with Gasteiger partial charge in [-0.05, 0) is 24.3 Å². The Morgan fingerprint density at radius 3 is 2.36 bits per heavy atom. The fourth-order valence-electron chi connectivity index (χ4n) is 3.46. The van der Waals surface area contributed by atoms with E-state index >= 15 is 0 Å². The number of anilines is 1. The summed E-state index contributed by atoms with van der Waals surface area (Å²) in [5, 5.41) is 0. The average molecular weight is 389 g/mol. The molecule has 28 heavy (non-hydrogen) atoms. The van der Waals surface area contributed by atoms with Gasteiger partial charge in [-0.2, -0.15) is 13.2 Å². The Hall–Kier alpha value is -3.10. The number of nitrogens with zero attached hydrogens (tertiary/aromatic N) is 5. The molecule has 0 aliphatic carbocycles. The molecule has 1 amide bonds. The highest BCUT2D eigenvalue weighted by atomic mass is 19.4. The minimum Gasteiger partial charge on any atom is -0.368 e. The fourth-order valence-corrected chi connectivity index (χ4v) is 3.46. The zero-order valence-corrected chi connectivity index (χ0v) is 14.9. The summed E-state index contributed by atoms with van der Waals surface area (Å²) in [7, 11) is 0. The number of piperazine rings is 1. The number of hydrogen-bond acceptors (Lipinski definition) is 4. The van der Waals surface area contributed by atoms with E-state index in [1.165, 1.54) is 6.07 Å². The number of hydrogen-bond donors (Lipinski definition) is 0. The number of amides is 1. The van der Waals surface area contributed by atoms with Crippen LogP contribution in [0.3, 0.4) is 0 Å². The molecule has 3 heterocycles. The molecule has 4 rings (SSSR count). The molecular formula is C19H18F3N5O. The van der Waals surface area contributed by atoms with Crippen molar-refractivity contribution in [2.45, 2.75) is 12.7 Å². The molecule has 2 aromatic heterocycles. The molecule has 1 saturated heterocycles. The van der Waals surface area contributed by atoms with Crippen molar-refractivity contribution in [2.24, 2.45) is 0 Å². The van der Waals surface area contributed by atoms with Crippen molar-refractivity contribution in [3.05, 3.63) is 54.6 Å². The van der Waals surface area contributed by atoms with Gasteiger partial charge in [0.1, 0.15) is 6.54 Å². The summed E-state index contributed by atoms with van der Waals surface area (Å²) in [6, 6.07) is 10.1. The van der Waals surface area contributed by atoms with E-state index in [1.807, 2.05) is 12.1 Å². The van der Waals surface area contributed by atoms with Gasteiger partial charge in [0.15, 0.2) is 0 Å². The number of halogens is 3. The lowest BCUT2D eigenvalue weighted by molar-refractivity contribution is -0.148. The van der Waals surface area contributed by atoms with E-state index in [4.69, 9.17) is 0 Å². The molecule has 0 saturated carbocycles. The van der Waals surface area contributed by atoms with Gasteiger partial charge in [0, 0.05) is 44.3 Å². The minimum atomic E-state index is -4.63. The quantitative estimate of drug-likeness (QED) is 0.691. The van der Waals surface area contributed by atoms with E-state index < -0.39 is 12.0 Å². The van der Waals surface area contributed by atoms with E-state index in [2.05, 4.69) is 14.9 Å². The lowest BCUT2D eigenvalue weighted by Crippen LogP contribution is -2.49. The molecule has 0 radical (unpaired) electrons. The molecule has 0 unspecified atom stereocenters. The van der Waals surface area contributed by atoms with Gasteiger partial charge in [-0.1, -0.05) is 12.1 Å². The van der Waals surface area contributed by atoms with E-state index in [0.717, 1.165) is 10.3 Å². The largest absolute Gasteiger partial charge is 0.449 e. The van der Waals surface area contributed by atoms with Gasteiger partial charge in [0.2, 0.25) is 11.7 Å². The molecule has 1 aliphatic rings. The van der Waals surface area contributed by atoms with Crippen LogP contribution in [0, 0.1) is 0 Å². The van der Waals surface area contributed by atoms with Gasteiger partial charge in [0.05, 0.1) is 11.0 Å². The van der Waals surface area contributed by atoms with Crippen molar-refractivity contribution in [1.29, 1.82) is 0 Å². The highest BCUT2D eigenvalue weighted by Gasteiger charge is 2.38. The predicted molar refractivity (Wildman–Crippen MR) is 97.8 cm³/mol. The van der Waals surface area contributed by atoms with E-state index in [-0.39, 0.29) is 18.0 Å². The lowest BCUT2D eigenvalue weighted by Gasteiger charge is -2.36. The third kappa shape index (κ3) is 3.51. The third-order valence-electron chi connectivity index (χ3n) is 4.86. The molecule has 1 aliphatic heterocycles. The number of fused-ring (bicyclic) bond motifs is 1. The van der Waals surface area contributed by atoms with Crippen molar-refractivity contribution in [3.8, 4) is 0 Å². The Morgan fingerprint density at radius 2 is 1.68 bits per heavy atom. The second-order valence-electron chi connectivity index (χ2n) is 6.58. The fraction of sp³-hybridized carbons (Fsp3) is 0.316. The molecule has 1 fully saturated rings. The number of para-hydroxylation sites is 2. The summed E-state index contributed by atoms with van der Waals surface area (Å²) in [4.78, 5) is 24.1. The molecule has 146 valence electrons. The van der Waals surface area contributed by atoms with E-state index in [9.17, 15) is 18.0 Å². The summed E-state index contributed by atoms with van der Waals surface area (Å²) in [5.41, 5.74) is 1.55. The van der Waals surface area contributed by atoms with Crippen LogP contribution in [0.4, 0.5) is 18.9 Å². The maximum absolute atomic E-state index is 13.4. The monoisotopic (exact) mass is 389 g/mol. The van der Waals surface area contributed by atoms with Gasteiger partial charge >= 0.3 is 6.18 Å². The van der Waals surface area contributed by atoms with Crippen LogP contribution in [0.2, 0.25) is 0 Å². The number of carbonyl (C=O) groups is 1. The average Bonchev–Trinajstić information content (AvgIpc) is 3.08. The van der Waals surface area contributed by atoms with Gasteiger partial charge in [-0.3, -0.25) is 9.78 Å². The molecular weight excluding hydrogens is 371 g/mol. The smallest absolute Gasteiger partial charge is 0.368 e. The van der Waals surface area contributed by atoms with Crippen molar-refractivity contribution in [3.63, 3.8) is 0 Å². The Balaban J connectivity index is 1.50. The summed E-state index contributed by atoms with van der Waals surface area (Å²) < 4.78 is 41.2. The number of rotatable bonds is 3. The standard InChI is InChI=1S/C19H18F3N5O/c20-19(21,22)18-24-15-3-1-2-4-16(15)27(18)13-17(28)26-11-9-25(10-12-26)14-5-7-23-8-6-14/h1-8H,9-13H2. The molecule has 6 nitrogen and oxygen atoms in total. The highest BCUT2D eigenvalue weighted by Crippen LogP contribution is 2.31. The molecule has 9 heteroatoms. The highest BCUT2D eigenvalue weighted by molar-refractivity contribution is 5.81. The van der Waals surface area contributed by atoms with Crippen molar-refractivity contribution in [2.75, 3.05) is 31.1 Å². The predicted octanol–water partition coefficient (Wildman–Crippen LogP) is 2.80. The summed E-state index contributed by atoms with van der Waals surface area (Å²) >= 11 is 0. The number of imidazole rings is 1. The topological polar surface area (TPSA) is 54.3 Å². The first-order valence-electron chi connectivity index (χ1n) is 8.89. The van der Waals surface area contributed by atoms with Gasteiger partial charge < -0.3 is 14.4 Å². The first-order chi connectivity index (χ1) is 13.4. The lowest BCUT2D eigenvalue weighted by atomic mass is 10.2. The molecule has 0 N–H and O–H groups in total. The van der Waals surface area contributed by atoms with Gasteiger partial charge in [-0.15, -0.1) is 0 Å². The van der Waals surface area contributed by atoms with Crippen molar-refractivity contribution in [1.82, 2.24) is 19.4 Å². The molecule has 0 bridgehead atoms. The number of pyridine rings is 1. The molecule has 1 aromatic carbocycles. The number of alkyl halides is 3. The zero-order valence-electron chi connectivity index (χ0n) is 14.9. The number of aromatic nitrogens is 3. The van der Waals surface area contributed by atoms with Crippen LogP contribution >= 0.6 is 0 Å². The Kier molecular flexibility index (Phi) is 4.66. The van der Waals surface area contributed by atoms with Crippen LogP contribution in [-0.4, -0.2) is 51.5 Å². The van der Waals surface area contributed by atoms with Crippen LogP contribution in [0.25, 0.3) is 11.0 Å². The van der Waals surface area contributed by atoms with Crippen LogP contribution in [0.15, 0.2) is 48.8 Å². The summed E-state index contributed by atoms with van der Waals surface area (Å²) in [5.74, 6) is -1.39. The van der Waals surface area contributed by atoms with Crippen LogP contribution in [-0.2, 0) is 17.5 Å². The minimum absolute atomic E-state index is 0.227. The molecule has 0 spiro atoms. The SMILES string of the molecule is O=C(Cn1c(C(F)(F)F)nc2ccccc21)N1CCN(c2ccncc2)CC1. The summed E-state index contributed by atoms with van der Waals surface area (Å²) in [6.07, 6.45) is -1.22. The third-order valence-corrected chi connectivity index (χ3v) is 4.86. The van der Waals surface area contributed by atoms with Crippen LogP contribution in [0.5, 0.6) is 0 Å². The van der Waals surface area contributed by atoms with Gasteiger partial charge in [0.25, 0.3) is 0 Å². The van der Waals surface area contributed by atoms with E-state index in [0.29, 0.717) is 31.7 Å². The number of benzene rings is 1. The summed E-state index contributed by atoms with van der Waals surface area (Å²) in [6.45, 7) is 1.76. The Labute approximate surface area is 159 Å². The maximum atomic E-state index is 13.4. The zero-order chi connectivity index (χ0) is 19.7. The normalized spacial score (nSPS) is 15.2. The van der Waals surface area contributed by atoms with Crippen molar-refractivity contribution >= 4 is 22.6 Å².